The van der Waals surface area contributed by atoms with E-state index in [0.717, 1.165) is 58.2 Å². The number of rotatable bonds is 2. The van der Waals surface area contributed by atoms with E-state index in [1.54, 1.807) is 0 Å². The minimum absolute atomic E-state index is 0.141. The van der Waals surface area contributed by atoms with Crippen LogP contribution in [0.2, 0.25) is 5.02 Å². The first kappa shape index (κ1) is 16.9. The monoisotopic (exact) mass is 418 g/mol. The summed E-state index contributed by atoms with van der Waals surface area (Å²) in [5.41, 5.74) is 3.17. The molecule has 2 aromatic rings. The van der Waals surface area contributed by atoms with Gasteiger partial charge < -0.3 is 16.0 Å². The van der Waals surface area contributed by atoms with E-state index in [9.17, 15) is 0 Å². The second-order valence-corrected chi connectivity index (χ2v) is 7.92. The molecule has 3 N–H and O–H groups in total. The van der Waals surface area contributed by atoms with E-state index in [-0.39, 0.29) is 5.54 Å². The van der Waals surface area contributed by atoms with Gasteiger partial charge in [0.25, 0.3) is 0 Å². The van der Waals surface area contributed by atoms with Crippen molar-refractivity contribution in [2.24, 2.45) is 4.99 Å². The molecule has 1 spiro atoms. The Kier molecular flexibility index (Phi) is 4.71. The third-order valence-electron chi connectivity index (χ3n) is 4.83. The van der Waals surface area contributed by atoms with Gasteiger partial charge in [0.1, 0.15) is 5.84 Å². The first-order valence-electron chi connectivity index (χ1n) is 8.49. The normalized spacial score (nSPS) is 20.0. The maximum absolute atomic E-state index is 6.10. The van der Waals surface area contributed by atoms with E-state index in [2.05, 4.69) is 50.1 Å². The molecule has 2 aliphatic rings. The molecule has 0 amide bonds. The van der Waals surface area contributed by atoms with Crippen LogP contribution in [0.4, 0.5) is 11.4 Å². The summed E-state index contributed by atoms with van der Waals surface area (Å²) in [5.74, 6) is 1.02. The molecule has 0 atom stereocenters. The summed E-state index contributed by atoms with van der Waals surface area (Å²) in [4.78, 5) is 4.94. The van der Waals surface area contributed by atoms with Crippen LogP contribution >= 0.6 is 27.5 Å². The number of fused-ring (bicyclic) bond motifs is 1. The quantitative estimate of drug-likeness (QED) is 0.663. The van der Waals surface area contributed by atoms with Gasteiger partial charge in [0.2, 0.25) is 0 Å². The van der Waals surface area contributed by atoms with E-state index >= 15 is 0 Å². The SMILES string of the molecule is Clc1cccc(CN=C2Nc3ccc(Br)cc3NC23CCNCC3)c1. The lowest BCUT2D eigenvalue weighted by Crippen LogP contribution is -2.57. The van der Waals surface area contributed by atoms with Crippen molar-refractivity contribution in [1.29, 1.82) is 0 Å². The van der Waals surface area contributed by atoms with Crippen molar-refractivity contribution >= 4 is 44.7 Å². The summed E-state index contributed by atoms with van der Waals surface area (Å²) in [6.45, 7) is 2.58. The van der Waals surface area contributed by atoms with Gasteiger partial charge in [-0.15, -0.1) is 0 Å². The third-order valence-corrected chi connectivity index (χ3v) is 5.56. The van der Waals surface area contributed by atoms with Crippen LogP contribution in [-0.2, 0) is 6.54 Å². The number of hydrogen-bond acceptors (Lipinski definition) is 3. The average Bonchev–Trinajstić information content (AvgIpc) is 2.61. The third kappa shape index (κ3) is 3.54. The largest absolute Gasteiger partial charge is 0.371 e. The van der Waals surface area contributed by atoms with Crippen LogP contribution in [-0.4, -0.2) is 24.5 Å². The standard InChI is InChI=1S/C19H20BrClN4/c20-14-4-5-16-17(11-14)25-19(6-8-22-9-7-19)18(24-16)23-12-13-2-1-3-15(21)10-13/h1-5,10-11,22,25H,6-9,12H2,(H,23,24). The van der Waals surface area contributed by atoms with Gasteiger partial charge >= 0.3 is 0 Å². The molecule has 0 saturated carbocycles. The molecular formula is C19H20BrClN4. The van der Waals surface area contributed by atoms with Crippen molar-refractivity contribution in [3.63, 3.8) is 0 Å². The molecule has 0 aliphatic carbocycles. The zero-order valence-electron chi connectivity index (χ0n) is 13.8. The summed E-state index contributed by atoms with van der Waals surface area (Å²) in [5, 5.41) is 11.5. The topological polar surface area (TPSA) is 48.5 Å². The Labute approximate surface area is 161 Å². The molecule has 2 aliphatic heterocycles. The molecule has 6 heteroatoms. The molecule has 4 rings (SSSR count). The minimum Gasteiger partial charge on any atom is -0.371 e. The van der Waals surface area contributed by atoms with Crippen LogP contribution in [0, 0.1) is 0 Å². The van der Waals surface area contributed by atoms with Crippen molar-refractivity contribution < 1.29 is 0 Å². The number of nitrogens with zero attached hydrogens (tertiary/aromatic N) is 1. The van der Waals surface area contributed by atoms with Crippen LogP contribution in [0.5, 0.6) is 0 Å². The minimum atomic E-state index is -0.141. The molecule has 1 fully saturated rings. The Hall–Kier alpha value is -1.56. The summed E-state index contributed by atoms with van der Waals surface area (Å²) in [6, 6.07) is 14.1. The molecule has 130 valence electrons. The molecule has 0 bridgehead atoms. The van der Waals surface area contributed by atoms with Crippen LogP contribution in [0.15, 0.2) is 51.9 Å². The number of nitrogens with one attached hydrogen (secondary N) is 3. The number of hydrogen-bond donors (Lipinski definition) is 3. The van der Waals surface area contributed by atoms with E-state index in [0.29, 0.717) is 6.54 Å². The fraction of sp³-hybridized carbons (Fsp3) is 0.316. The molecule has 2 heterocycles. The molecule has 0 radical (unpaired) electrons. The van der Waals surface area contributed by atoms with Gasteiger partial charge in [-0.25, -0.2) is 0 Å². The van der Waals surface area contributed by atoms with E-state index in [4.69, 9.17) is 16.6 Å². The number of amidine groups is 1. The Balaban J connectivity index is 1.68. The molecular weight excluding hydrogens is 400 g/mol. The van der Waals surface area contributed by atoms with Crippen LogP contribution in [0.25, 0.3) is 0 Å². The molecule has 0 aromatic heterocycles. The Morgan fingerprint density at radius 2 is 1.92 bits per heavy atom. The summed E-state index contributed by atoms with van der Waals surface area (Å²) in [6.07, 6.45) is 2.00. The van der Waals surface area contributed by atoms with Crippen molar-refractivity contribution in [3.8, 4) is 0 Å². The molecule has 4 nitrogen and oxygen atoms in total. The van der Waals surface area contributed by atoms with Gasteiger partial charge in [-0.2, -0.15) is 0 Å². The highest BCUT2D eigenvalue weighted by Crippen LogP contribution is 2.37. The predicted octanol–water partition coefficient (Wildman–Crippen LogP) is 4.66. The highest BCUT2D eigenvalue weighted by Gasteiger charge is 2.40. The average molecular weight is 420 g/mol. The van der Waals surface area contributed by atoms with Crippen molar-refractivity contribution in [1.82, 2.24) is 5.32 Å². The van der Waals surface area contributed by atoms with Gasteiger partial charge in [0.15, 0.2) is 0 Å². The number of anilines is 2. The van der Waals surface area contributed by atoms with E-state index in [1.165, 1.54) is 0 Å². The summed E-state index contributed by atoms with van der Waals surface area (Å²) < 4.78 is 1.07. The second-order valence-electron chi connectivity index (χ2n) is 6.57. The van der Waals surface area contributed by atoms with Crippen molar-refractivity contribution in [2.75, 3.05) is 23.7 Å². The molecule has 1 saturated heterocycles. The highest BCUT2D eigenvalue weighted by molar-refractivity contribution is 9.10. The lowest BCUT2D eigenvalue weighted by atomic mass is 9.84. The van der Waals surface area contributed by atoms with Gasteiger partial charge in [0.05, 0.1) is 23.5 Å². The van der Waals surface area contributed by atoms with Crippen LogP contribution in [0.3, 0.4) is 0 Å². The van der Waals surface area contributed by atoms with Gasteiger partial charge in [-0.3, -0.25) is 4.99 Å². The lowest BCUT2D eigenvalue weighted by Gasteiger charge is -2.44. The maximum Gasteiger partial charge on any atom is 0.127 e. The Bertz CT molecular complexity index is 815. The number of halogens is 2. The number of piperidine rings is 1. The molecule has 2 aromatic carbocycles. The lowest BCUT2D eigenvalue weighted by molar-refractivity contribution is 0.419. The fourth-order valence-corrected chi connectivity index (χ4v) is 4.08. The maximum atomic E-state index is 6.10. The highest BCUT2D eigenvalue weighted by atomic mass is 79.9. The predicted molar refractivity (Wildman–Crippen MR) is 109 cm³/mol. The van der Waals surface area contributed by atoms with Crippen LogP contribution in [0.1, 0.15) is 18.4 Å². The number of benzene rings is 2. The van der Waals surface area contributed by atoms with Gasteiger partial charge in [-0.05, 0) is 61.8 Å². The van der Waals surface area contributed by atoms with Gasteiger partial charge in [-0.1, -0.05) is 39.7 Å². The summed E-state index contributed by atoms with van der Waals surface area (Å²) >= 11 is 9.66. The summed E-state index contributed by atoms with van der Waals surface area (Å²) in [7, 11) is 0. The zero-order valence-corrected chi connectivity index (χ0v) is 16.1. The van der Waals surface area contributed by atoms with Gasteiger partial charge in [0, 0.05) is 9.50 Å². The Morgan fingerprint density at radius 3 is 2.72 bits per heavy atom. The van der Waals surface area contributed by atoms with Crippen LogP contribution < -0.4 is 16.0 Å². The molecule has 25 heavy (non-hydrogen) atoms. The molecule has 0 unspecified atom stereocenters. The fourth-order valence-electron chi connectivity index (χ4n) is 3.50. The van der Waals surface area contributed by atoms with Crippen molar-refractivity contribution in [2.45, 2.75) is 24.9 Å². The van der Waals surface area contributed by atoms with Crippen molar-refractivity contribution in [3.05, 3.63) is 57.5 Å². The zero-order chi connectivity index (χ0) is 17.3. The first-order chi connectivity index (χ1) is 12.1. The first-order valence-corrected chi connectivity index (χ1v) is 9.67. The smallest absolute Gasteiger partial charge is 0.127 e. The second kappa shape index (κ2) is 6.98. The van der Waals surface area contributed by atoms with E-state index < -0.39 is 0 Å². The Morgan fingerprint density at radius 1 is 1.08 bits per heavy atom. The number of aliphatic imine (C=N–C) groups is 1. The van der Waals surface area contributed by atoms with E-state index in [1.807, 2.05) is 24.3 Å².